The van der Waals surface area contributed by atoms with Crippen LogP contribution in [0.3, 0.4) is 0 Å². The van der Waals surface area contributed by atoms with Gasteiger partial charge in [0.15, 0.2) is 0 Å². The summed E-state index contributed by atoms with van der Waals surface area (Å²) in [5, 5.41) is 9.63. The molecule has 0 fully saturated rings. The molecule has 3 aromatic rings. The Morgan fingerprint density at radius 2 is 1.93 bits per heavy atom. The Kier molecular flexibility index (Phi) is 4.03. The molecule has 0 amide bonds. The zero-order valence-corrected chi connectivity index (χ0v) is 15.1. The SMILES string of the molecule is CN(C)c1ccc(/C=C2/CCn3c2nc2cc(C(=O)O)ccc2c3=O)cc1. The predicted molar refractivity (Wildman–Crippen MR) is 106 cm³/mol. The average Bonchev–Trinajstić information content (AvgIpc) is 3.05. The Hall–Kier alpha value is -3.41. The maximum absolute atomic E-state index is 12.8. The summed E-state index contributed by atoms with van der Waals surface area (Å²) in [4.78, 5) is 30.6. The van der Waals surface area contributed by atoms with Crippen molar-refractivity contribution < 1.29 is 9.90 Å². The third kappa shape index (κ3) is 2.99. The summed E-state index contributed by atoms with van der Waals surface area (Å²) in [6.45, 7) is 0.583. The maximum Gasteiger partial charge on any atom is 0.335 e. The second-order valence-corrected chi connectivity index (χ2v) is 6.83. The molecule has 2 aromatic carbocycles. The predicted octanol–water partition coefficient (Wildman–Crippen LogP) is 3.11. The van der Waals surface area contributed by atoms with Gasteiger partial charge in [0.25, 0.3) is 5.56 Å². The minimum Gasteiger partial charge on any atom is -0.478 e. The third-order valence-electron chi connectivity index (χ3n) is 4.84. The zero-order valence-electron chi connectivity index (χ0n) is 15.1. The van der Waals surface area contributed by atoms with Crippen molar-refractivity contribution in [3.05, 3.63) is 69.8 Å². The molecular weight excluding hydrogens is 342 g/mol. The van der Waals surface area contributed by atoms with E-state index in [1.54, 1.807) is 10.6 Å². The summed E-state index contributed by atoms with van der Waals surface area (Å²) < 4.78 is 1.67. The fraction of sp³-hybridized carbons (Fsp3) is 0.190. The number of anilines is 1. The van der Waals surface area contributed by atoms with Gasteiger partial charge in [0.05, 0.1) is 16.5 Å². The summed E-state index contributed by atoms with van der Waals surface area (Å²) in [6.07, 6.45) is 2.76. The number of fused-ring (bicyclic) bond motifs is 2. The van der Waals surface area contributed by atoms with Crippen LogP contribution in [0.4, 0.5) is 5.69 Å². The van der Waals surface area contributed by atoms with Gasteiger partial charge in [0, 0.05) is 26.3 Å². The van der Waals surface area contributed by atoms with Crippen LogP contribution in [-0.2, 0) is 6.54 Å². The van der Waals surface area contributed by atoms with Gasteiger partial charge in [-0.25, -0.2) is 9.78 Å². The van der Waals surface area contributed by atoms with Gasteiger partial charge in [-0.15, -0.1) is 0 Å². The van der Waals surface area contributed by atoms with Crippen LogP contribution in [0.1, 0.15) is 28.2 Å². The van der Waals surface area contributed by atoms with E-state index in [2.05, 4.69) is 4.98 Å². The molecule has 27 heavy (non-hydrogen) atoms. The quantitative estimate of drug-likeness (QED) is 0.776. The Morgan fingerprint density at radius 3 is 2.59 bits per heavy atom. The highest BCUT2D eigenvalue weighted by atomic mass is 16.4. The van der Waals surface area contributed by atoms with E-state index in [0.29, 0.717) is 23.3 Å². The number of carbonyl (C=O) groups is 1. The standard InChI is InChI=1S/C21H19N3O3/c1-23(2)16-6-3-13(4-7-16)11-14-9-10-24-19(14)22-18-12-15(21(26)27)5-8-17(18)20(24)25/h3-8,11-12H,9-10H2,1-2H3,(H,26,27)/b14-11-. The molecule has 0 aliphatic carbocycles. The molecule has 2 heterocycles. The normalized spacial score (nSPS) is 14.5. The Balaban J connectivity index is 1.81. The average molecular weight is 361 g/mol. The molecule has 0 atom stereocenters. The highest BCUT2D eigenvalue weighted by Gasteiger charge is 2.21. The number of aromatic nitrogens is 2. The van der Waals surface area contributed by atoms with Crippen molar-refractivity contribution in [2.45, 2.75) is 13.0 Å². The number of carboxylic acids is 1. The highest BCUT2D eigenvalue weighted by Crippen LogP contribution is 2.28. The van der Waals surface area contributed by atoms with Crippen LogP contribution in [0.15, 0.2) is 47.3 Å². The molecular formula is C21H19N3O3. The van der Waals surface area contributed by atoms with Crippen LogP contribution < -0.4 is 10.5 Å². The fourth-order valence-electron chi connectivity index (χ4n) is 3.36. The Morgan fingerprint density at radius 1 is 1.19 bits per heavy atom. The van der Waals surface area contributed by atoms with E-state index >= 15 is 0 Å². The monoisotopic (exact) mass is 361 g/mol. The summed E-state index contributed by atoms with van der Waals surface area (Å²) in [5.74, 6) is -0.414. The van der Waals surface area contributed by atoms with Gasteiger partial charge < -0.3 is 10.0 Å². The van der Waals surface area contributed by atoms with Crippen LogP contribution in [0.2, 0.25) is 0 Å². The minimum absolute atomic E-state index is 0.127. The molecule has 1 aromatic heterocycles. The van der Waals surface area contributed by atoms with Crippen LogP contribution >= 0.6 is 0 Å². The van der Waals surface area contributed by atoms with E-state index in [0.717, 1.165) is 23.2 Å². The van der Waals surface area contributed by atoms with Gasteiger partial charge in [-0.2, -0.15) is 0 Å². The van der Waals surface area contributed by atoms with Gasteiger partial charge in [-0.3, -0.25) is 9.36 Å². The summed E-state index contributed by atoms with van der Waals surface area (Å²) in [7, 11) is 3.99. The van der Waals surface area contributed by atoms with Crippen LogP contribution in [-0.4, -0.2) is 34.7 Å². The van der Waals surface area contributed by atoms with Crippen molar-refractivity contribution >= 4 is 34.2 Å². The number of carboxylic acid groups (broad SMARTS) is 1. The number of rotatable bonds is 3. The Labute approximate surface area is 156 Å². The van der Waals surface area contributed by atoms with Crippen LogP contribution in [0.5, 0.6) is 0 Å². The topological polar surface area (TPSA) is 75.4 Å². The van der Waals surface area contributed by atoms with Gasteiger partial charge >= 0.3 is 5.97 Å². The van der Waals surface area contributed by atoms with Gasteiger partial charge in [-0.05, 0) is 54.0 Å². The van der Waals surface area contributed by atoms with E-state index in [4.69, 9.17) is 0 Å². The summed E-state index contributed by atoms with van der Waals surface area (Å²) in [5.41, 5.74) is 3.55. The lowest BCUT2D eigenvalue weighted by molar-refractivity contribution is 0.0697. The first-order chi connectivity index (χ1) is 12.9. The lowest BCUT2D eigenvalue weighted by Crippen LogP contribution is -2.21. The summed E-state index contributed by atoms with van der Waals surface area (Å²) >= 11 is 0. The molecule has 0 bridgehead atoms. The first kappa shape index (κ1) is 17.0. The lowest BCUT2D eigenvalue weighted by atomic mass is 10.1. The van der Waals surface area contributed by atoms with Crippen molar-refractivity contribution in [2.24, 2.45) is 0 Å². The molecule has 6 nitrogen and oxygen atoms in total. The largest absolute Gasteiger partial charge is 0.478 e. The molecule has 1 aliphatic heterocycles. The molecule has 6 heteroatoms. The summed E-state index contributed by atoms with van der Waals surface area (Å²) in [6, 6.07) is 12.6. The van der Waals surface area contributed by atoms with Crippen LogP contribution in [0.25, 0.3) is 22.6 Å². The molecule has 0 unspecified atom stereocenters. The minimum atomic E-state index is -1.03. The second-order valence-electron chi connectivity index (χ2n) is 6.83. The number of aromatic carboxylic acids is 1. The third-order valence-corrected chi connectivity index (χ3v) is 4.84. The number of benzene rings is 2. The highest BCUT2D eigenvalue weighted by molar-refractivity contribution is 5.93. The van der Waals surface area contributed by atoms with E-state index < -0.39 is 5.97 Å². The van der Waals surface area contributed by atoms with Crippen molar-refractivity contribution in [3.63, 3.8) is 0 Å². The van der Waals surface area contributed by atoms with Gasteiger partial charge in [-0.1, -0.05) is 12.1 Å². The first-order valence-corrected chi connectivity index (χ1v) is 8.70. The number of nitrogens with zero attached hydrogens (tertiary/aromatic N) is 3. The number of allylic oxidation sites excluding steroid dienone is 1. The number of hydrogen-bond donors (Lipinski definition) is 1. The zero-order chi connectivity index (χ0) is 19.1. The molecule has 0 saturated carbocycles. The van der Waals surface area contributed by atoms with Crippen molar-refractivity contribution in [2.75, 3.05) is 19.0 Å². The van der Waals surface area contributed by atoms with Crippen LogP contribution in [0, 0.1) is 0 Å². The molecule has 1 N–H and O–H groups in total. The van der Waals surface area contributed by atoms with E-state index in [1.807, 2.05) is 49.3 Å². The number of hydrogen-bond acceptors (Lipinski definition) is 4. The van der Waals surface area contributed by atoms with Crippen molar-refractivity contribution in [3.8, 4) is 0 Å². The van der Waals surface area contributed by atoms with E-state index in [9.17, 15) is 14.7 Å². The molecule has 0 spiro atoms. The Bertz CT molecular complexity index is 1140. The molecule has 0 radical (unpaired) electrons. The molecule has 0 saturated heterocycles. The lowest BCUT2D eigenvalue weighted by Gasteiger charge is -2.12. The van der Waals surface area contributed by atoms with Gasteiger partial charge in [0.1, 0.15) is 5.82 Å². The molecule has 1 aliphatic rings. The van der Waals surface area contributed by atoms with Crippen molar-refractivity contribution in [1.29, 1.82) is 0 Å². The first-order valence-electron chi connectivity index (χ1n) is 8.70. The second kappa shape index (κ2) is 6.39. The smallest absolute Gasteiger partial charge is 0.335 e. The maximum atomic E-state index is 12.8. The fourth-order valence-corrected chi connectivity index (χ4v) is 3.36. The van der Waals surface area contributed by atoms with E-state index in [-0.39, 0.29) is 11.1 Å². The molecule has 136 valence electrons. The molecule has 4 rings (SSSR count). The van der Waals surface area contributed by atoms with Gasteiger partial charge in [0.2, 0.25) is 0 Å². The van der Waals surface area contributed by atoms with Crippen molar-refractivity contribution in [1.82, 2.24) is 9.55 Å². The van der Waals surface area contributed by atoms with E-state index in [1.165, 1.54) is 12.1 Å².